The van der Waals surface area contributed by atoms with Gasteiger partial charge in [-0.2, -0.15) is 0 Å². The number of aliphatic hydroxyl groups excluding tert-OH is 1. The van der Waals surface area contributed by atoms with E-state index in [1.165, 1.54) is 6.39 Å². The second kappa shape index (κ2) is 3.89. The lowest BCUT2D eigenvalue weighted by atomic mass is 9.82. The molecule has 0 atom stereocenters. The minimum absolute atomic E-state index is 0.0583. The Morgan fingerprint density at radius 2 is 2.46 bits per heavy atom. The summed E-state index contributed by atoms with van der Waals surface area (Å²) in [6, 6.07) is 0. The van der Waals surface area contributed by atoms with E-state index in [1.54, 1.807) is 6.20 Å². The van der Waals surface area contributed by atoms with Gasteiger partial charge in [-0.1, -0.05) is 0 Å². The fourth-order valence-corrected chi connectivity index (χ4v) is 1.60. The van der Waals surface area contributed by atoms with Crippen molar-refractivity contribution in [3.05, 3.63) is 18.4 Å². The summed E-state index contributed by atoms with van der Waals surface area (Å²) in [6.45, 7) is 1.68. The van der Waals surface area contributed by atoms with Gasteiger partial charge < -0.3 is 14.8 Å². The Hall–Kier alpha value is -0.870. The summed E-state index contributed by atoms with van der Waals surface area (Å²) in [5.41, 5.74) is 0. The van der Waals surface area contributed by atoms with Crippen LogP contribution in [0.3, 0.4) is 0 Å². The summed E-state index contributed by atoms with van der Waals surface area (Å²) in [7, 11) is 0. The monoisotopic (exact) mass is 182 g/mol. The van der Waals surface area contributed by atoms with E-state index < -0.39 is 0 Å². The molecule has 4 heteroatoms. The highest BCUT2D eigenvalue weighted by molar-refractivity contribution is 4.88. The average molecular weight is 182 g/mol. The molecule has 2 N–H and O–H groups in total. The average Bonchev–Trinajstić information content (AvgIpc) is 2.53. The number of aliphatic hydroxyl groups is 1. The number of hydrogen-bond donors (Lipinski definition) is 2. The molecule has 0 spiro atoms. The van der Waals surface area contributed by atoms with Crippen LogP contribution in [0.2, 0.25) is 0 Å². The summed E-state index contributed by atoms with van der Waals surface area (Å²) in [5.74, 6) is 1.50. The van der Waals surface area contributed by atoms with E-state index in [-0.39, 0.29) is 6.10 Å². The number of hydrogen-bond acceptors (Lipinski definition) is 4. The van der Waals surface area contributed by atoms with Crippen molar-refractivity contribution < 1.29 is 9.52 Å². The lowest BCUT2D eigenvalue weighted by Crippen LogP contribution is -2.35. The van der Waals surface area contributed by atoms with Crippen LogP contribution in [-0.2, 0) is 6.54 Å². The van der Waals surface area contributed by atoms with Crippen LogP contribution in [0.15, 0.2) is 17.0 Å². The molecular formula is C9H14N2O2. The van der Waals surface area contributed by atoms with E-state index >= 15 is 0 Å². The first-order chi connectivity index (χ1) is 6.34. The van der Waals surface area contributed by atoms with Crippen LogP contribution in [0.4, 0.5) is 0 Å². The second-order valence-electron chi connectivity index (χ2n) is 3.59. The summed E-state index contributed by atoms with van der Waals surface area (Å²) in [5, 5.41) is 12.3. The number of nitrogens with zero attached hydrogens (tertiary/aromatic N) is 1. The maximum atomic E-state index is 9.05. The van der Waals surface area contributed by atoms with Crippen LogP contribution in [-0.4, -0.2) is 22.7 Å². The van der Waals surface area contributed by atoms with Crippen LogP contribution in [0.1, 0.15) is 18.6 Å². The maximum absolute atomic E-state index is 9.05. The van der Waals surface area contributed by atoms with Crippen LogP contribution in [0.5, 0.6) is 0 Å². The zero-order valence-electron chi connectivity index (χ0n) is 7.44. The largest absolute Gasteiger partial charge is 0.447 e. The van der Waals surface area contributed by atoms with Crippen molar-refractivity contribution in [3.63, 3.8) is 0 Å². The van der Waals surface area contributed by atoms with Gasteiger partial charge in [0.25, 0.3) is 0 Å². The number of nitrogens with one attached hydrogen (secondary N) is 1. The molecule has 4 nitrogen and oxygen atoms in total. The molecule has 1 aromatic heterocycles. The minimum Gasteiger partial charge on any atom is -0.447 e. The third kappa shape index (κ3) is 2.29. The normalized spacial score (nSPS) is 27.2. The molecule has 72 valence electrons. The lowest BCUT2D eigenvalue weighted by molar-refractivity contribution is 0.0428. The van der Waals surface area contributed by atoms with E-state index in [2.05, 4.69) is 10.3 Å². The van der Waals surface area contributed by atoms with Crippen molar-refractivity contribution in [2.24, 2.45) is 5.92 Å². The van der Waals surface area contributed by atoms with Crippen LogP contribution in [0.25, 0.3) is 0 Å². The highest BCUT2D eigenvalue weighted by atomic mass is 16.3. The molecule has 0 aliphatic heterocycles. The molecule has 1 aliphatic carbocycles. The summed E-state index contributed by atoms with van der Waals surface area (Å²) in [4.78, 5) is 3.82. The molecule has 1 aromatic rings. The molecule has 0 saturated heterocycles. The zero-order valence-corrected chi connectivity index (χ0v) is 7.44. The van der Waals surface area contributed by atoms with Gasteiger partial charge in [0.1, 0.15) is 5.76 Å². The fraction of sp³-hybridized carbons (Fsp3) is 0.667. The van der Waals surface area contributed by atoms with E-state index in [1.807, 2.05) is 0 Å². The quantitative estimate of drug-likeness (QED) is 0.713. The predicted octanol–water partition coefficient (Wildman–Crippen LogP) is 0.535. The van der Waals surface area contributed by atoms with Crippen molar-refractivity contribution >= 4 is 0 Å². The van der Waals surface area contributed by atoms with Gasteiger partial charge >= 0.3 is 0 Å². The van der Waals surface area contributed by atoms with Gasteiger partial charge in [-0.15, -0.1) is 0 Å². The molecule has 1 heterocycles. The van der Waals surface area contributed by atoms with Crippen LogP contribution < -0.4 is 5.32 Å². The molecule has 0 amide bonds. The Bertz CT molecular complexity index is 242. The second-order valence-corrected chi connectivity index (χ2v) is 3.59. The number of oxazole rings is 1. The number of aromatic nitrogens is 1. The van der Waals surface area contributed by atoms with Gasteiger partial charge in [0, 0.05) is 0 Å². The fourth-order valence-electron chi connectivity index (χ4n) is 1.60. The Balaban J connectivity index is 1.59. The van der Waals surface area contributed by atoms with Gasteiger partial charge in [-0.05, 0) is 25.3 Å². The van der Waals surface area contributed by atoms with Crippen molar-refractivity contribution in [2.75, 3.05) is 6.54 Å². The standard InChI is InChI=1S/C9H14N2O2/c12-8-1-7(2-8)3-10-4-9-5-11-6-13-9/h5-8,10,12H,1-4H2. The van der Waals surface area contributed by atoms with E-state index in [0.29, 0.717) is 5.92 Å². The van der Waals surface area contributed by atoms with E-state index in [4.69, 9.17) is 9.52 Å². The number of rotatable bonds is 4. The van der Waals surface area contributed by atoms with Gasteiger partial charge in [0.15, 0.2) is 6.39 Å². The van der Waals surface area contributed by atoms with Crippen LogP contribution >= 0.6 is 0 Å². The molecule has 1 saturated carbocycles. The van der Waals surface area contributed by atoms with E-state index in [0.717, 1.165) is 31.7 Å². The van der Waals surface area contributed by atoms with Gasteiger partial charge in [-0.25, -0.2) is 4.98 Å². The molecular weight excluding hydrogens is 168 g/mol. The van der Waals surface area contributed by atoms with Crippen molar-refractivity contribution in [3.8, 4) is 0 Å². The molecule has 1 aliphatic rings. The molecule has 0 radical (unpaired) electrons. The third-order valence-corrected chi connectivity index (χ3v) is 2.43. The molecule has 0 aromatic carbocycles. The Labute approximate surface area is 77.0 Å². The smallest absolute Gasteiger partial charge is 0.180 e. The van der Waals surface area contributed by atoms with Crippen molar-refractivity contribution in [1.29, 1.82) is 0 Å². The summed E-state index contributed by atoms with van der Waals surface area (Å²) in [6.07, 6.45) is 4.96. The molecule has 2 rings (SSSR count). The molecule has 0 unspecified atom stereocenters. The summed E-state index contributed by atoms with van der Waals surface area (Å²) < 4.78 is 5.07. The van der Waals surface area contributed by atoms with Gasteiger partial charge in [0.05, 0.1) is 18.8 Å². The zero-order chi connectivity index (χ0) is 9.10. The Morgan fingerprint density at radius 1 is 1.62 bits per heavy atom. The lowest BCUT2D eigenvalue weighted by Gasteiger charge is -2.31. The van der Waals surface area contributed by atoms with Crippen molar-refractivity contribution in [1.82, 2.24) is 10.3 Å². The SMILES string of the molecule is OC1CC(CNCc2cnco2)C1. The minimum atomic E-state index is -0.0583. The first-order valence-corrected chi connectivity index (χ1v) is 4.60. The predicted molar refractivity (Wildman–Crippen MR) is 46.9 cm³/mol. The topological polar surface area (TPSA) is 58.3 Å². The van der Waals surface area contributed by atoms with Crippen LogP contribution in [0, 0.1) is 5.92 Å². The molecule has 1 fully saturated rings. The highest BCUT2D eigenvalue weighted by Crippen LogP contribution is 2.26. The molecule has 13 heavy (non-hydrogen) atoms. The summed E-state index contributed by atoms with van der Waals surface area (Å²) >= 11 is 0. The van der Waals surface area contributed by atoms with Gasteiger partial charge in [0.2, 0.25) is 0 Å². The molecule has 0 bridgehead atoms. The highest BCUT2D eigenvalue weighted by Gasteiger charge is 2.26. The van der Waals surface area contributed by atoms with Gasteiger partial charge in [-0.3, -0.25) is 0 Å². The Morgan fingerprint density at radius 3 is 3.08 bits per heavy atom. The maximum Gasteiger partial charge on any atom is 0.180 e. The Kier molecular flexibility index (Phi) is 2.61. The first-order valence-electron chi connectivity index (χ1n) is 4.60. The first kappa shape index (κ1) is 8.72. The third-order valence-electron chi connectivity index (χ3n) is 2.43. The van der Waals surface area contributed by atoms with Crippen molar-refractivity contribution in [2.45, 2.75) is 25.5 Å². The van der Waals surface area contributed by atoms with E-state index in [9.17, 15) is 0 Å².